The number of rotatable bonds is 48. The van der Waals surface area contributed by atoms with Gasteiger partial charge in [0.1, 0.15) is 13.2 Å². The van der Waals surface area contributed by atoms with Gasteiger partial charge in [-0.25, -0.2) is 0 Å². The van der Waals surface area contributed by atoms with E-state index in [0.29, 0.717) is 19.3 Å². The number of unbranched alkanes of at least 4 members (excludes halogenated alkanes) is 35. The van der Waals surface area contributed by atoms with Crippen molar-refractivity contribution in [3.8, 4) is 0 Å². The molecule has 0 saturated carbocycles. The summed E-state index contributed by atoms with van der Waals surface area (Å²) in [7, 11) is 0. The van der Waals surface area contributed by atoms with Gasteiger partial charge in [0.25, 0.3) is 0 Å². The summed E-state index contributed by atoms with van der Waals surface area (Å²) in [5.74, 6) is -0.865. The van der Waals surface area contributed by atoms with Gasteiger partial charge >= 0.3 is 17.9 Å². The van der Waals surface area contributed by atoms with E-state index in [1.165, 1.54) is 186 Å². The number of carbonyl (C=O) groups excluding carboxylic acids is 3. The third-order valence-electron chi connectivity index (χ3n) is 11.8. The second kappa shape index (κ2) is 48.8. The summed E-state index contributed by atoms with van der Waals surface area (Å²) < 4.78 is 16.8. The second-order valence-corrected chi connectivity index (χ2v) is 17.8. The van der Waals surface area contributed by atoms with Gasteiger partial charge in [-0.05, 0) is 44.9 Å². The number of carbonyl (C=O) groups is 3. The highest BCUT2D eigenvalue weighted by Gasteiger charge is 2.19. The molecule has 1 unspecified atom stereocenters. The van der Waals surface area contributed by atoms with Crippen molar-refractivity contribution in [3.05, 3.63) is 12.2 Å². The largest absolute Gasteiger partial charge is 0.462 e. The molecule has 348 valence electrons. The molecule has 0 aromatic rings. The van der Waals surface area contributed by atoms with Crippen LogP contribution in [0.2, 0.25) is 0 Å². The molecule has 0 radical (unpaired) electrons. The van der Waals surface area contributed by atoms with Gasteiger partial charge in [-0.3, -0.25) is 14.4 Å². The lowest BCUT2D eigenvalue weighted by molar-refractivity contribution is -0.167. The SMILES string of the molecule is CCCCCCCCC/C=C\CCCCCCCC(=O)OC(COC(=O)CCCCCCCCCC)COC(=O)CCCCCCCCCCCCCCCCCCC. The van der Waals surface area contributed by atoms with Gasteiger partial charge in [0.15, 0.2) is 6.10 Å². The summed E-state index contributed by atoms with van der Waals surface area (Å²) in [6.07, 6.45) is 53.5. The number of hydrogen-bond donors (Lipinski definition) is 0. The molecular formula is C53H100O6. The minimum atomic E-state index is -0.766. The molecule has 0 aromatic heterocycles. The van der Waals surface area contributed by atoms with Crippen LogP contribution in [0.4, 0.5) is 0 Å². The Morgan fingerprint density at radius 3 is 0.847 bits per heavy atom. The summed E-state index contributed by atoms with van der Waals surface area (Å²) in [5.41, 5.74) is 0. The summed E-state index contributed by atoms with van der Waals surface area (Å²) in [6, 6.07) is 0. The fourth-order valence-corrected chi connectivity index (χ4v) is 7.79. The highest BCUT2D eigenvalue weighted by molar-refractivity contribution is 5.71. The van der Waals surface area contributed by atoms with Crippen molar-refractivity contribution in [2.45, 2.75) is 297 Å². The van der Waals surface area contributed by atoms with Gasteiger partial charge in [0.2, 0.25) is 0 Å². The molecule has 0 amide bonds. The molecule has 6 nitrogen and oxygen atoms in total. The van der Waals surface area contributed by atoms with Gasteiger partial charge in [-0.15, -0.1) is 0 Å². The van der Waals surface area contributed by atoms with Crippen molar-refractivity contribution in [1.29, 1.82) is 0 Å². The lowest BCUT2D eigenvalue weighted by Crippen LogP contribution is -2.30. The molecule has 0 fully saturated rings. The lowest BCUT2D eigenvalue weighted by Gasteiger charge is -2.18. The first-order valence-corrected chi connectivity index (χ1v) is 26.2. The van der Waals surface area contributed by atoms with E-state index in [1.54, 1.807) is 0 Å². The van der Waals surface area contributed by atoms with Crippen LogP contribution in [-0.2, 0) is 28.6 Å². The van der Waals surface area contributed by atoms with Crippen LogP contribution in [0.15, 0.2) is 12.2 Å². The first-order valence-electron chi connectivity index (χ1n) is 26.2. The number of esters is 3. The van der Waals surface area contributed by atoms with E-state index in [-0.39, 0.29) is 31.1 Å². The second-order valence-electron chi connectivity index (χ2n) is 17.8. The van der Waals surface area contributed by atoms with E-state index in [2.05, 4.69) is 32.9 Å². The predicted octanol–water partition coefficient (Wildman–Crippen LogP) is 17.0. The van der Waals surface area contributed by atoms with Crippen molar-refractivity contribution in [3.63, 3.8) is 0 Å². The Morgan fingerprint density at radius 1 is 0.322 bits per heavy atom. The van der Waals surface area contributed by atoms with E-state index in [4.69, 9.17) is 14.2 Å². The van der Waals surface area contributed by atoms with E-state index in [1.807, 2.05) is 0 Å². The van der Waals surface area contributed by atoms with Crippen molar-refractivity contribution >= 4 is 17.9 Å². The van der Waals surface area contributed by atoms with Crippen LogP contribution < -0.4 is 0 Å². The van der Waals surface area contributed by atoms with Crippen LogP contribution in [0.5, 0.6) is 0 Å². The standard InChI is InChI=1S/C53H100O6/c1-4-7-10-13-16-19-21-23-25-27-29-30-32-34-37-40-43-46-52(55)58-49-50(48-57-51(54)45-42-39-36-18-15-12-9-6-3)59-53(56)47-44-41-38-35-33-31-28-26-24-22-20-17-14-11-8-5-2/h26,28,50H,4-25,27,29-49H2,1-3H3/b28-26-. The Balaban J connectivity index is 4.25. The fourth-order valence-electron chi connectivity index (χ4n) is 7.79. The quantitative estimate of drug-likeness (QED) is 0.0263. The molecule has 0 aliphatic carbocycles. The molecule has 59 heavy (non-hydrogen) atoms. The zero-order chi connectivity index (χ0) is 43.0. The maximum atomic E-state index is 12.8. The van der Waals surface area contributed by atoms with Gasteiger partial charge in [-0.2, -0.15) is 0 Å². The Morgan fingerprint density at radius 2 is 0.559 bits per heavy atom. The normalized spacial score (nSPS) is 12.0. The van der Waals surface area contributed by atoms with Crippen LogP contribution in [0.25, 0.3) is 0 Å². The minimum absolute atomic E-state index is 0.0684. The van der Waals surface area contributed by atoms with E-state index in [0.717, 1.165) is 64.2 Å². The highest BCUT2D eigenvalue weighted by Crippen LogP contribution is 2.16. The number of hydrogen-bond acceptors (Lipinski definition) is 6. The first kappa shape index (κ1) is 57.1. The Hall–Kier alpha value is -1.85. The van der Waals surface area contributed by atoms with Gasteiger partial charge in [-0.1, -0.05) is 238 Å². The van der Waals surface area contributed by atoms with Crippen LogP contribution in [-0.4, -0.2) is 37.2 Å². The van der Waals surface area contributed by atoms with E-state index >= 15 is 0 Å². The average molecular weight is 833 g/mol. The van der Waals surface area contributed by atoms with Crippen LogP contribution in [0.3, 0.4) is 0 Å². The molecule has 0 saturated heterocycles. The van der Waals surface area contributed by atoms with Crippen molar-refractivity contribution in [2.24, 2.45) is 0 Å². The summed E-state index contributed by atoms with van der Waals surface area (Å²) in [5, 5.41) is 0. The molecule has 0 spiro atoms. The Bertz CT molecular complexity index is 916. The van der Waals surface area contributed by atoms with Crippen LogP contribution in [0.1, 0.15) is 290 Å². The zero-order valence-electron chi connectivity index (χ0n) is 39.8. The fraction of sp³-hybridized carbons (Fsp3) is 0.906. The van der Waals surface area contributed by atoms with E-state index in [9.17, 15) is 14.4 Å². The molecule has 6 heteroatoms. The predicted molar refractivity (Wildman–Crippen MR) is 252 cm³/mol. The van der Waals surface area contributed by atoms with Gasteiger partial charge in [0, 0.05) is 19.3 Å². The molecular weight excluding hydrogens is 733 g/mol. The number of ether oxygens (including phenoxy) is 3. The topological polar surface area (TPSA) is 78.9 Å². The van der Waals surface area contributed by atoms with Gasteiger partial charge in [0.05, 0.1) is 0 Å². The third-order valence-corrected chi connectivity index (χ3v) is 11.8. The molecule has 0 rings (SSSR count). The molecule has 0 aliphatic rings. The maximum absolute atomic E-state index is 12.8. The molecule has 0 aliphatic heterocycles. The lowest BCUT2D eigenvalue weighted by atomic mass is 10.0. The van der Waals surface area contributed by atoms with Crippen molar-refractivity contribution in [1.82, 2.24) is 0 Å². The zero-order valence-corrected chi connectivity index (χ0v) is 39.8. The Labute approximate surface area is 367 Å². The minimum Gasteiger partial charge on any atom is -0.462 e. The summed E-state index contributed by atoms with van der Waals surface area (Å²) >= 11 is 0. The van der Waals surface area contributed by atoms with Crippen LogP contribution >= 0.6 is 0 Å². The number of allylic oxidation sites excluding steroid dienone is 2. The van der Waals surface area contributed by atoms with E-state index < -0.39 is 6.10 Å². The molecule has 0 heterocycles. The maximum Gasteiger partial charge on any atom is 0.306 e. The summed E-state index contributed by atoms with van der Waals surface area (Å²) in [6.45, 7) is 6.64. The smallest absolute Gasteiger partial charge is 0.306 e. The molecule has 0 bridgehead atoms. The first-order chi connectivity index (χ1) is 29.0. The van der Waals surface area contributed by atoms with Crippen LogP contribution in [0, 0.1) is 0 Å². The third kappa shape index (κ3) is 47.1. The van der Waals surface area contributed by atoms with Crippen molar-refractivity contribution < 1.29 is 28.6 Å². The monoisotopic (exact) mass is 833 g/mol. The molecule has 0 N–H and O–H groups in total. The summed E-state index contributed by atoms with van der Waals surface area (Å²) in [4.78, 5) is 37.8. The average Bonchev–Trinajstić information content (AvgIpc) is 3.23. The molecule has 1 atom stereocenters. The Kier molecular flexibility index (Phi) is 47.3. The van der Waals surface area contributed by atoms with Crippen molar-refractivity contribution in [2.75, 3.05) is 13.2 Å². The highest BCUT2D eigenvalue weighted by atomic mass is 16.6. The van der Waals surface area contributed by atoms with Gasteiger partial charge < -0.3 is 14.2 Å². The molecule has 0 aromatic carbocycles.